The van der Waals surface area contributed by atoms with Gasteiger partial charge in [0.05, 0.1) is 85.9 Å². The molecule has 0 aliphatic rings. The van der Waals surface area contributed by atoms with E-state index in [0.29, 0.717) is 79.3 Å². The van der Waals surface area contributed by atoms with Gasteiger partial charge in [-0.2, -0.15) is 0 Å². The maximum absolute atomic E-state index is 11.0. The van der Waals surface area contributed by atoms with Gasteiger partial charge in [0.1, 0.15) is 6.61 Å². The summed E-state index contributed by atoms with van der Waals surface area (Å²) in [5.74, 6) is 0. The maximum atomic E-state index is 11.0. The second-order valence-corrected chi connectivity index (χ2v) is 6.04. The standard InChI is InChI=1S/C18H35ClO10/c1-17(19)29-18(20)28-16-15-27-14-13-26-12-11-25-10-9-24-8-7-23-6-5-22-4-3-21-2/h17H,3-16H2,1-2H3. The van der Waals surface area contributed by atoms with Gasteiger partial charge in [-0.15, -0.1) is 0 Å². The van der Waals surface area contributed by atoms with E-state index in [0.717, 1.165) is 0 Å². The topological polar surface area (TPSA) is 100 Å². The lowest BCUT2D eigenvalue weighted by Gasteiger charge is -2.09. The average Bonchev–Trinajstić information content (AvgIpc) is 2.68. The van der Waals surface area contributed by atoms with Crippen LogP contribution >= 0.6 is 11.6 Å². The molecular formula is C18H35ClO10. The summed E-state index contributed by atoms with van der Waals surface area (Å²) in [7, 11) is 1.64. The molecule has 0 aliphatic heterocycles. The van der Waals surface area contributed by atoms with Crippen LogP contribution in [0.25, 0.3) is 0 Å². The molecule has 10 nitrogen and oxygen atoms in total. The highest BCUT2D eigenvalue weighted by molar-refractivity contribution is 6.19. The quantitative estimate of drug-likeness (QED) is 0.138. The summed E-state index contributed by atoms with van der Waals surface area (Å²) in [6, 6.07) is 0. The second kappa shape index (κ2) is 23.6. The lowest BCUT2D eigenvalue weighted by atomic mass is 10.6. The van der Waals surface area contributed by atoms with Crippen molar-refractivity contribution in [1.29, 1.82) is 0 Å². The van der Waals surface area contributed by atoms with Crippen LogP contribution in [0.2, 0.25) is 0 Å². The average molecular weight is 447 g/mol. The summed E-state index contributed by atoms with van der Waals surface area (Å²) in [5, 5.41) is 0. The maximum Gasteiger partial charge on any atom is 0.509 e. The fourth-order valence-electron chi connectivity index (χ4n) is 1.69. The third-order valence-corrected chi connectivity index (χ3v) is 3.09. The molecule has 1 unspecified atom stereocenters. The summed E-state index contributed by atoms with van der Waals surface area (Å²) in [6.07, 6.45) is -0.815. The molecule has 0 spiro atoms. The van der Waals surface area contributed by atoms with Crippen molar-refractivity contribution in [2.24, 2.45) is 0 Å². The molecule has 0 bridgehead atoms. The Morgan fingerprint density at radius 1 is 0.621 bits per heavy atom. The fraction of sp³-hybridized carbons (Fsp3) is 0.944. The summed E-state index contributed by atoms with van der Waals surface area (Å²) < 4.78 is 46.1. The molecule has 0 N–H and O–H groups in total. The molecule has 0 aliphatic carbocycles. The van der Waals surface area contributed by atoms with Gasteiger partial charge < -0.3 is 42.6 Å². The molecule has 0 saturated carbocycles. The van der Waals surface area contributed by atoms with Gasteiger partial charge in [0, 0.05) is 7.11 Å². The Morgan fingerprint density at radius 3 is 1.24 bits per heavy atom. The van der Waals surface area contributed by atoms with Gasteiger partial charge >= 0.3 is 6.16 Å². The van der Waals surface area contributed by atoms with E-state index in [9.17, 15) is 4.79 Å². The van der Waals surface area contributed by atoms with Crippen molar-refractivity contribution < 1.29 is 47.4 Å². The summed E-state index contributed by atoms with van der Waals surface area (Å²) in [6.45, 7) is 7.92. The zero-order valence-corrected chi connectivity index (χ0v) is 18.2. The molecule has 1 atom stereocenters. The number of alkyl halides is 1. The first-order chi connectivity index (χ1) is 14.2. The number of carbonyl (C=O) groups is 1. The molecular weight excluding hydrogens is 412 g/mol. The van der Waals surface area contributed by atoms with Crippen molar-refractivity contribution in [2.45, 2.75) is 12.5 Å². The smallest absolute Gasteiger partial charge is 0.432 e. The minimum Gasteiger partial charge on any atom is -0.432 e. The Labute approximate surface area is 177 Å². The lowest BCUT2D eigenvalue weighted by Crippen LogP contribution is -2.16. The van der Waals surface area contributed by atoms with Crippen molar-refractivity contribution in [2.75, 3.05) is 99.6 Å². The molecule has 0 aromatic heterocycles. The molecule has 29 heavy (non-hydrogen) atoms. The molecule has 0 radical (unpaired) electrons. The van der Waals surface area contributed by atoms with Gasteiger partial charge in [0.15, 0.2) is 5.56 Å². The van der Waals surface area contributed by atoms with Gasteiger partial charge in [0.2, 0.25) is 0 Å². The van der Waals surface area contributed by atoms with Gasteiger partial charge in [-0.25, -0.2) is 4.79 Å². The second-order valence-electron chi connectivity index (χ2n) is 5.43. The van der Waals surface area contributed by atoms with Crippen molar-refractivity contribution >= 4 is 17.8 Å². The van der Waals surface area contributed by atoms with Crippen molar-refractivity contribution in [3.05, 3.63) is 0 Å². The zero-order valence-electron chi connectivity index (χ0n) is 17.4. The highest BCUT2D eigenvalue weighted by Gasteiger charge is 2.06. The third-order valence-electron chi connectivity index (χ3n) is 3.00. The zero-order chi connectivity index (χ0) is 21.4. The summed E-state index contributed by atoms with van der Waals surface area (Å²) in [4.78, 5) is 11.0. The van der Waals surface area contributed by atoms with E-state index < -0.39 is 11.7 Å². The van der Waals surface area contributed by atoms with E-state index >= 15 is 0 Å². The predicted octanol–water partition coefficient (Wildman–Crippen LogP) is 1.47. The van der Waals surface area contributed by atoms with E-state index in [-0.39, 0.29) is 13.2 Å². The van der Waals surface area contributed by atoms with Crippen LogP contribution in [0.5, 0.6) is 0 Å². The molecule has 0 aromatic rings. The Hall–Kier alpha value is -0.720. The van der Waals surface area contributed by atoms with Crippen molar-refractivity contribution in [3.8, 4) is 0 Å². The Balaban J connectivity index is 3.06. The number of halogens is 1. The Bertz CT molecular complexity index is 347. The number of carbonyl (C=O) groups excluding carboxylic acids is 1. The van der Waals surface area contributed by atoms with Gasteiger partial charge in [-0.3, -0.25) is 0 Å². The summed E-state index contributed by atoms with van der Waals surface area (Å²) in [5.41, 5.74) is -0.721. The van der Waals surface area contributed by atoms with Crippen LogP contribution in [0.3, 0.4) is 0 Å². The first kappa shape index (κ1) is 28.3. The van der Waals surface area contributed by atoms with E-state index in [1.807, 2.05) is 0 Å². The summed E-state index contributed by atoms with van der Waals surface area (Å²) >= 11 is 5.47. The fourth-order valence-corrected chi connectivity index (χ4v) is 1.77. The van der Waals surface area contributed by atoms with Crippen molar-refractivity contribution in [1.82, 2.24) is 0 Å². The largest absolute Gasteiger partial charge is 0.509 e. The first-order valence-corrected chi connectivity index (χ1v) is 10.0. The van der Waals surface area contributed by atoms with E-state index in [4.69, 9.17) is 49.5 Å². The monoisotopic (exact) mass is 446 g/mol. The normalized spacial score (nSPS) is 12.1. The van der Waals surface area contributed by atoms with Crippen LogP contribution in [-0.2, 0) is 42.6 Å². The SMILES string of the molecule is COCCOCCOCCOCCOCCOCCOCCOC(=O)OC(C)Cl. The molecule has 0 amide bonds. The van der Waals surface area contributed by atoms with Crippen molar-refractivity contribution in [3.63, 3.8) is 0 Å². The molecule has 0 fully saturated rings. The molecule has 0 heterocycles. The number of rotatable bonds is 22. The molecule has 174 valence electrons. The molecule has 0 saturated heterocycles. The van der Waals surface area contributed by atoms with Crippen LogP contribution in [0.1, 0.15) is 6.92 Å². The Morgan fingerprint density at radius 2 is 0.931 bits per heavy atom. The number of ether oxygens (including phenoxy) is 9. The molecule has 0 aromatic carbocycles. The minimum atomic E-state index is -0.815. The van der Waals surface area contributed by atoms with Crippen LogP contribution in [0.4, 0.5) is 4.79 Å². The van der Waals surface area contributed by atoms with Gasteiger partial charge in [-0.1, -0.05) is 11.6 Å². The molecule has 11 heteroatoms. The highest BCUT2D eigenvalue weighted by Crippen LogP contribution is 1.98. The first-order valence-electron chi connectivity index (χ1n) is 9.59. The van der Waals surface area contributed by atoms with E-state index in [1.165, 1.54) is 6.92 Å². The van der Waals surface area contributed by atoms with Crippen LogP contribution in [0, 0.1) is 0 Å². The van der Waals surface area contributed by atoms with E-state index in [2.05, 4.69) is 4.74 Å². The number of methoxy groups -OCH3 is 1. The minimum absolute atomic E-state index is 0.0960. The van der Waals surface area contributed by atoms with Crippen LogP contribution in [-0.4, -0.2) is 111 Å². The number of hydrogen-bond acceptors (Lipinski definition) is 10. The Kier molecular flexibility index (Phi) is 23.0. The van der Waals surface area contributed by atoms with E-state index in [1.54, 1.807) is 7.11 Å². The molecule has 0 rings (SSSR count). The highest BCUT2D eigenvalue weighted by atomic mass is 35.5. The van der Waals surface area contributed by atoms with Crippen LogP contribution in [0.15, 0.2) is 0 Å². The lowest BCUT2D eigenvalue weighted by molar-refractivity contribution is -0.0221. The third kappa shape index (κ3) is 25.2. The van der Waals surface area contributed by atoms with Gasteiger partial charge in [-0.05, 0) is 6.92 Å². The van der Waals surface area contributed by atoms with Crippen LogP contribution < -0.4 is 0 Å². The number of hydrogen-bond donors (Lipinski definition) is 0. The van der Waals surface area contributed by atoms with Gasteiger partial charge in [0.25, 0.3) is 0 Å². The predicted molar refractivity (Wildman–Crippen MR) is 105 cm³/mol.